The fraction of sp³-hybridized carbons (Fsp3) is 0.292. The molecule has 1 aliphatic heterocycles. The van der Waals surface area contributed by atoms with Crippen molar-refractivity contribution in [1.29, 1.82) is 0 Å². The lowest BCUT2D eigenvalue weighted by molar-refractivity contribution is 0.208. The smallest absolute Gasteiger partial charge is 0.321 e. The summed E-state index contributed by atoms with van der Waals surface area (Å²) in [5.41, 5.74) is 3.95. The van der Waals surface area contributed by atoms with Crippen molar-refractivity contribution in [3.8, 4) is 17.0 Å². The van der Waals surface area contributed by atoms with E-state index >= 15 is 0 Å². The van der Waals surface area contributed by atoms with Gasteiger partial charge in [-0.15, -0.1) is 0 Å². The number of nitrogens with zero attached hydrogens (tertiary/aromatic N) is 4. The minimum absolute atomic E-state index is 0.0643. The molecule has 4 rings (SSSR count). The zero-order valence-electron chi connectivity index (χ0n) is 17.9. The van der Waals surface area contributed by atoms with E-state index in [0.29, 0.717) is 13.1 Å². The van der Waals surface area contributed by atoms with Gasteiger partial charge >= 0.3 is 6.03 Å². The Hall–Kier alpha value is -3.61. The monoisotopic (exact) mass is 417 g/mol. The molecule has 1 saturated heterocycles. The number of carbonyl (C=O) groups excluding carboxylic acids is 1. The van der Waals surface area contributed by atoms with Crippen molar-refractivity contribution >= 4 is 17.5 Å². The first-order chi connectivity index (χ1) is 15.2. The van der Waals surface area contributed by atoms with Gasteiger partial charge in [0.15, 0.2) is 0 Å². The van der Waals surface area contributed by atoms with Gasteiger partial charge in [-0.1, -0.05) is 19.1 Å². The van der Waals surface area contributed by atoms with Crippen LogP contribution in [0, 0.1) is 0 Å². The van der Waals surface area contributed by atoms with E-state index in [-0.39, 0.29) is 6.03 Å². The van der Waals surface area contributed by atoms with Gasteiger partial charge < -0.3 is 19.9 Å². The van der Waals surface area contributed by atoms with Crippen molar-refractivity contribution in [1.82, 2.24) is 14.9 Å². The Labute approximate surface area is 182 Å². The van der Waals surface area contributed by atoms with Gasteiger partial charge in [-0.2, -0.15) is 0 Å². The Kier molecular flexibility index (Phi) is 6.31. The Balaban J connectivity index is 1.36. The minimum Gasteiger partial charge on any atom is -0.497 e. The first kappa shape index (κ1) is 20.7. The molecule has 0 atom stereocenters. The summed E-state index contributed by atoms with van der Waals surface area (Å²) in [5.74, 6) is 1.68. The van der Waals surface area contributed by atoms with Crippen LogP contribution in [0.3, 0.4) is 0 Å². The number of amides is 2. The second-order valence-corrected chi connectivity index (χ2v) is 7.44. The molecule has 3 aromatic rings. The fourth-order valence-corrected chi connectivity index (χ4v) is 3.60. The Bertz CT molecular complexity index is 1010. The van der Waals surface area contributed by atoms with Gasteiger partial charge in [-0.05, 0) is 48.4 Å². The zero-order chi connectivity index (χ0) is 21.6. The maximum Gasteiger partial charge on any atom is 0.321 e. The summed E-state index contributed by atoms with van der Waals surface area (Å²) in [7, 11) is 1.65. The van der Waals surface area contributed by atoms with Crippen molar-refractivity contribution < 1.29 is 9.53 Å². The van der Waals surface area contributed by atoms with Gasteiger partial charge in [0.1, 0.15) is 17.9 Å². The number of urea groups is 1. The van der Waals surface area contributed by atoms with Crippen LogP contribution in [0.25, 0.3) is 11.3 Å². The highest BCUT2D eigenvalue weighted by molar-refractivity contribution is 5.89. The van der Waals surface area contributed by atoms with E-state index in [0.717, 1.165) is 48.0 Å². The molecular weight excluding hydrogens is 390 g/mol. The van der Waals surface area contributed by atoms with E-state index in [1.807, 2.05) is 59.5 Å². The summed E-state index contributed by atoms with van der Waals surface area (Å²) in [4.78, 5) is 25.5. The van der Waals surface area contributed by atoms with Crippen LogP contribution in [0.1, 0.15) is 12.5 Å². The number of nitrogens with one attached hydrogen (secondary N) is 1. The van der Waals surface area contributed by atoms with E-state index in [2.05, 4.69) is 27.1 Å². The topological polar surface area (TPSA) is 70.6 Å². The van der Waals surface area contributed by atoms with E-state index in [1.165, 1.54) is 5.56 Å². The van der Waals surface area contributed by atoms with Gasteiger partial charge in [0.05, 0.1) is 12.8 Å². The molecular formula is C24H27N5O2. The SMILES string of the molecule is CCc1ccc(NC(=O)N2CCN(c3cc(-c4ccc(OC)cc4)ncn3)CC2)cc1. The fourth-order valence-electron chi connectivity index (χ4n) is 3.60. The summed E-state index contributed by atoms with van der Waals surface area (Å²) in [6.45, 7) is 4.84. The van der Waals surface area contributed by atoms with Gasteiger partial charge in [0.25, 0.3) is 0 Å². The molecule has 1 N–H and O–H groups in total. The molecule has 7 heteroatoms. The van der Waals surface area contributed by atoms with E-state index in [1.54, 1.807) is 13.4 Å². The summed E-state index contributed by atoms with van der Waals surface area (Å²) < 4.78 is 5.22. The number of methoxy groups -OCH3 is 1. The highest BCUT2D eigenvalue weighted by atomic mass is 16.5. The van der Waals surface area contributed by atoms with Crippen LogP contribution in [0.5, 0.6) is 5.75 Å². The molecule has 31 heavy (non-hydrogen) atoms. The number of hydrogen-bond donors (Lipinski definition) is 1. The number of carbonyl (C=O) groups is 1. The third-order valence-electron chi connectivity index (χ3n) is 5.54. The summed E-state index contributed by atoms with van der Waals surface area (Å²) in [5, 5.41) is 2.99. The number of benzene rings is 2. The number of piperazine rings is 1. The second-order valence-electron chi connectivity index (χ2n) is 7.44. The van der Waals surface area contributed by atoms with Gasteiger partial charge in [-0.25, -0.2) is 14.8 Å². The molecule has 2 heterocycles. The molecule has 7 nitrogen and oxygen atoms in total. The average molecular weight is 418 g/mol. The van der Waals surface area contributed by atoms with Crippen molar-refractivity contribution in [3.05, 3.63) is 66.5 Å². The van der Waals surface area contributed by atoms with Crippen molar-refractivity contribution in [2.45, 2.75) is 13.3 Å². The molecule has 0 aliphatic carbocycles. The van der Waals surface area contributed by atoms with Crippen LogP contribution in [-0.4, -0.2) is 54.2 Å². The van der Waals surface area contributed by atoms with Gasteiger partial charge in [0.2, 0.25) is 0 Å². The summed E-state index contributed by atoms with van der Waals surface area (Å²) >= 11 is 0. The van der Waals surface area contributed by atoms with E-state index in [9.17, 15) is 4.79 Å². The van der Waals surface area contributed by atoms with Crippen LogP contribution in [0.2, 0.25) is 0 Å². The highest BCUT2D eigenvalue weighted by Gasteiger charge is 2.22. The standard InChI is InChI=1S/C24H27N5O2/c1-3-18-4-8-20(9-5-18)27-24(30)29-14-12-28(13-15-29)23-16-22(25-17-26-23)19-6-10-21(31-2)11-7-19/h4-11,16-17H,3,12-15H2,1-2H3,(H,27,30). The molecule has 0 saturated carbocycles. The van der Waals surface area contributed by atoms with Gasteiger partial charge in [-0.3, -0.25) is 0 Å². The number of aryl methyl sites for hydroxylation is 1. The largest absolute Gasteiger partial charge is 0.497 e. The van der Waals surface area contributed by atoms with Gasteiger partial charge in [0, 0.05) is 43.5 Å². The molecule has 2 aromatic carbocycles. The predicted molar refractivity (Wildman–Crippen MR) is 123 cm³/mol. The molecule has 0 bridgehead atoms. The molecule has 1 aromatic heterocycles. The number of hydrogen-bond acceptors (Lipinski definition) is 5. The lowest BCUT2D eigenvalue weighted by atomic mass is 10.1. The molecule has 2 amide bonds. The number of rotatable bonds is 5. The van der Waals surface area contributed by atoms with Crippen LogP contribution in [-0.2, 0) is 6.42 Å². The molecule has 0 unspecified atom stereocenters. The van der Waals surface area contributed by atoms with Crippen LogP contribution >= 0.6 is 0 Å². The van der Waals surface area contributed by atoms with Crippen LogP contribution in [0.4, 0.5) is 16.3 Å². The quantitative estimate of drug-likeness (QED) is 0.678. The first-order valence-electron chi connectivity index (χ1n) is 10.5. The Morgan fingerprint density at radius 1 is 1.00 bits per heavy atom. The maximum absolute atomic E-state index is 12.6. The predicted octanol–water partition coefficient (Wildman–Crippen LogP) is 4.07. The third-order valence-corrected chi connectivity index (χ3v) is 5.54. The molecule has 1 aliphatic rings. The maximum atomic E-state index is 12.6. The molecule has 0 spiro atoms. The Morgan fingerprint density at radius 2 is 1.71 bits per heavy atom. The van der Waals surface area contributed by atoms with Crippen molar-refractivity contribution in [2.24, 2.45) is 0 Å². The molecule has 1 fully saturated rings. The van der Waals surface area contributed by atoms with E-state index in [4.69, 9.17) is 4.74 Å². The normalized spacial score (nSPS) is 13.7. The summed E-state index contributed by atoms with van der Waals surface area (Å²) in [6, 6.07) is 17.7. The molecule has 0 radical (unpaired) electrons. The average Bonchev–Trinajstić information content (AvgIpc) is 2.85. The number of ether oxygens (including phenoxy) is 1. The third kappa shape index (κ3) is 4.94. The zero-order valence-corrected chi connectivity index (χ0v) is 17.9. The van der Waals surface area contributed by atoms with Crippen molar-refractivity contribution in [3.63, 3.8) is 0 Å². The summed E-state index contributed by atoms with van der Waals surface area (Å²) in [6.07, 6.45) is 2.58. The number of anilines is 2. The van der Waals surface area contributed by atoms with Crippen LogP contribution in [0.15, 0.2) is 60.9 Å². The number of aromatic nitrogens is 2. The lowest BCUT2D eigenvalue weighted by Crippen LogP contribution is -2.50. The second kappa shape index (κ2) is 9.47. The highest BCUT2D eigenvalue weighted by Crippen LogP contribution is 2.24. The van der Waals surface area contributed by atoms with Crippen molar-refractivity contribution in [2.75, 3.05) is 43.5 Å². The minimum atomic E-state index is -0.0643. The first-order valence-corrected chi connectivity index (χ1v) is 10.5. The molecule has 160 valence electrons. The van der Waals surface area contributed by atoms with Crippen LogP contribution < -0.4 is 15.0 Å². The Morgan fingerprint density at radius 3 is 2.35 bits per heavy atom. The lowest BCUT2D eigenvalue weighted by Gasteiger charge is -2.35. The van der Waals surface area contributed by atoms with E-state index < -0.39 is 0 Å².